The Morgan fingerprint density at radius 1 is 1.00 bits per heavy atom. The van der Waals surface area contributed by atoms with Gasteiger partial charge in [0.25, 0.3) is 0 Å². The number of nitrogens with zero attached hydrogens (tertiary/aromatic N) is 1. The molecule has 0 aromatic carbocycles. The van der Waals surface area contributed by atoms with E-state index in [-0.39, 0.29) is 12.4 Å². The molecule has 2 fully saturated rings. The summed E-state index contributed by atoms with van der Waals surface area (Å²) in [5.74, 6) is 1.80. The second-order valence-electron chi connectivity index (χ2n) is 8.29. The van der Waals surface area contributed by atoms with Crippen molar-refractivity contribution in [1.82, 2.24) is 10.2 Å². The van der Waals surface area contributed by atoms with Crippen LogP contribution in [-0.2, 0) is 0 Å². The fraction of sp³-hybridized carbons (Fsp3) is 0.636. The molecular weight excluding hydrogens is 328 g/mol. The van der Waals surface area contributed by atoms with Crippen LogP contribution >= 0.6 is 12.4 Å². The van der Waals surface area contributed by atoms with Gasteiger partial charge in [0.2, 0.25) is 0 Å². The van der Waals surface area contributed by atoms with Gasteiger partial charge in [0.1, 0.15) is 0 Å². The van der Waals surface area contributed by atoms with Crippen molar-refractivity contribution in [2.75, 3.05) is 13.1 Å². The highest BCUT2D eigenvalue weighted by molar-refractivity contribution is 5.85. The summed E-state index contributed by atoms with van der Waals surface area (Å²) in [7, 11) is 0. The molecule has 0 amide bonds. The third-order valence-electron chi connectivity index (χ3n) is 7.05. The minimum atomic E-state index is 0. The zero-order valence-corrected chi connectivity index (χ0v) is 16.0. The highest BCUT2D eigenvalue weighted by atomic mass is 35.5. The van der Waals surface area contributed by atoms with Crippen molar-refractivity contribution in [2.24, 2.45) is 11.8 Å². The lowest BCUT2D eigenvalue weighted by Crippen LogP contribution is -2.41. The summed E-state index contributed by atoms with van der Waals surface area (Å²) in [6.07, 6.45) is 21.7. The first-order valence-corrected chi connectivity index (χ1v) is 10.2. The molecule has 5 aliphatic rings. The maximum Gasteiger partial charge on any atom is 0.0677 e. The summed E-state index contributed by atoms with van der Waals surface area (Å²) in [4.78, 5) is 2.64. The Morgan fingerprint density at radius 2 is 1.88 bits per heavy atom. The van der Waals surface area contributed by atoms with Gasteiger partial charge >= 0.3 is 0 Å². The smallest absolute Gasteiger partial charge is 0.0677 e. The standard InChI is InChI=1S/C22H30N2.ClH/c1-3-7-16(8-4-1)18-11-10-17-9-5-2-6-14-24-20-15-23-13-12-19(20)21(18)22(17)24;/h2,5-6,14,16,18,20,23H,1,3-4,7-13,15H2;1H. The number of hydrogen-bond acceptors (Lipinski definition) is 2. The number of hydrogen-bond donors (Lipinski definition) is 1. The molecule has 0 aromatic rings. The van der Waals surface area contributed by atoms with Crippen molar-refractivity contribution >= 4 is 12.4 Å². The summed E-state index contributed by atoms with van der Waals surface area (Å²) in [5, 5.41) is 3.65. The first-order chi connectivity index (χ1) is 11.9. The van der Waals surface area contributed by atoms with E-state index in [1.165, 1.54) is 57.9 Å². The molecule has 3 heteroatoms. The van der Waals surface area contributed by atoms with Gasteiger partial charge in [0.05, 0.1) is 6.04 Å². The predicted octanol–water partition coefficient (Wildman–Crippen LogP) is 5.10. The number of allylic oxidation sites excluding steroid dienone is 5. The van der Waals surface area contributed by atoms with E-state index in [2.05, 4.69) is 34.6 Å². The average molecular weight is 359 g/mol. The van der Waals surface area contributed by atoms with Crippen LogP contribution in [0.2, 0.25) is 0 Å². The number of nitrogens with one attached hydrogen (secondary N) is 1. The zero-order valence-electron chi connectivity index (χ0n) is 15.2. The highest BCUT2D eigenvalue weighted by Gasteiger charge is 2.44. The van der Waals surface area contributed by atoms with Gasteiger partial charge in [-0.2, -0.15) is 0 Å². The molecule has 0 aromatic heterocycles. The van der Waals surface area contributed by atoms with Crippen molar-refractivity contribution < 1.29 is 0 Å². The van der Waals surface area contributed by atoms with E-state index in [1.54, 1.807) is 16.8 Å². The van der Waals surface area contributed by atoms with E-state index >= 15 is 0 Å². The Labute approximate surface area is 158 Å². The lowest BCUT2D eigenvalue weighted by molar-refractivity contribution is 0.257. The van der Waals surface area contributed by atoms with Crippen LogP contribution in [0.15, 0.2) is 46.8 Å². The fourth-order valence-electron chi connectivity index (χ4n) is 5.97. The number of rotatable bonds is 1. The van der Waals surface area contributed by atoms with E-state index in [0.29, 0.717) is 6.04 Å². The predicted molar refractivity (Wildman–Crippen MR) is 107 cm³/mol. The van der Waals surface area contributed by atoms with Crippen LogP contribution in [0.4, 0.5) is 0 Å². The van der Waals surface area contributed by atoms with Gasteiger partial charge in [0.15, 0.2) is 0 Å². The van der Waals surface area contributed by atoms with Gasteiger partial charge in [-0.15, -0.1) is 12.4 Å². The highest BCUT2D eigenvalue weighted by Crippen LogP contribution is 2.52. The molecule has 2 unspecified atom stereocenters. The van der Waals surface area contributed by atoms with Crippen molar-refractivity contribution in [3.63, 3.8) is 0 Å². The van der Waals surface area contributed by atoms with E-state index in [4.69, 9.17) is 0 Å². The molecule has 0 radical (unpaired) electrons. The third-order valence-corrected chi connectivity index (χ3v) is 7.05. The van der Waals surface area contributed by atoms with E-state index in [0.717, 1.165) is 24.8 Å². The topological polar surface area (TPSA) is 15.3 Å². The zero-order chi connectivity index (χ0) is 15.9. The Hall–Kier alpha value is -0.990. The van der Waals surface area contributed by atoms with Crippen LogP contribution in [-0.4, -0.2) is 24.0 Å². The van der Waals surface area contributed by atoms with Crippen LogP contribution in [0, 0.1) is 11.8 Å². The second kappa shape index (κ2) is 7.32. The number of halogens is 1. The maximum atomic E-state index is 3.65. The van der Waals surface area contributed by atoms with Gasteiger partial charge in [-0.3, -0.25) is 0 Å². The van der Waals surface area contributed by atoms with E-state index < -0.39 is 0 Å². The molecule has 0 spiro atoms. The molecule has 2 atom stereocenters. The summed E-state index contributed by atoms with van der Waals surface area (Å²) in [6, 6.07) is 0.589. The Morgan fingerprint density at radius 3 is 2.76 bits per heavy atom. The van der Waals surface area contributed by atoms with Gasteiger partial charge in [-0.1, -0.05) is 31.4 Å². The molecule has 1 saturated carbocycles. The SMILES string of the molecule is C1=CCC2=C3C(=C4CCNCC4N3C=C1)C(C1CCCCC1)CC2.Cl. The molecule has 136 valence electrons. The molecule has 1 N–H and O–H groups in total. The van der Waals surface area contributed by atoms with E-state index in [1.807, 2.05) is 5.57 Å². The molecule has 1 saturated heterocycles. The van der Waals surface area contributed by atoms with Gasteiger partial charge in [-0.05, 0) is 79.7 Å². The first-order valence-electron chi connectivity index (χ1n) is 10.2. The van der Waals surface area contributed by atoms with Crippen molar-refractivity contribution in [3.8, 4) is 0 Å². The summed E-state index contributed by atoms with van der Waals surface area (Å²) >= 11 is 0. The monoisotopic (exact) mass is 358 g/mol. The van der Waals surface area contributed by atoms with Crippen molar-refractivity contribution in [2.45, 2.75) is 63.8 Å². The normalized spacial score (nSPS) is 32.1. The summed E-state index contributed by atoms with van der Waals surface area (Å²) < 4.78 is 0. The number of fused-ring (bicyclic) bond motifs is 2. The van der Waals surface area contributed by atoms with Gasteiger partial charge < -0.3 is 10.2 Å². The molecule has 25 heavy (non-hydrogen) atoms. The van der Waals surface area contributed by atoms with Gasteiger partial charge in [-0.25, -0.2) is 0 Å². The van der Waals surface area contributed by atoms with E-state index in [9.17, 15) is 0 Å². The quantitative estimate of drug-likeness (QED) is 0.701. The summed E-state index contributed by atoms with van der Waals surface area (Å²) in [6.45, 7) is 2.30. The second-order valence-corrected chi connectivity index (χ2v) is 8.29. The maximum absolute atomic E-state index is 3.65. The van der Waals surface area contributed by atoms with Crippen LogP contribution in [0.25, 0.3) is 0 Å². The molecular formula is C22H31ClN2. The Bertz CT molecular complexity index is 636. The van der Waals surface area contributed by atoms with Crippen molar-refractivity contribution in [1.29, 1.82) is 0 Å². The fourth-order valence-corrected chi connectivity index (χ4v) is 5.97. The largest absolute Gasteiger partial charge is 0.339 e. The minimum absolute atomic E-state index is 0. The summed E-state index contributed by atoms with van der Waals surface area (Å²) in [5.41, 5.74) is 6.97. The molecule has 2 nitrogen and oxygen atoms in total. The first kappa shape index (κ1) is 17.4. The minimum Gasteiger partial charge on any atom is -0.339 e. The molecule has 3 heterocycles. The molecule has 0 bridgehead atoms. The Balaban J connectivity index is 0.00000157. The third kappa shape index (κ3) is 2.92. The van der Waals surface area contributed by atoms with Crippen LogP contribution in [0.5, 0.6) is 0 Å². The lowest BCUT2D eigenvalue weighted by atomic mass is 9.69. The lowest BCUT2D eigenvalue weighted by Gasteiger charge is -2.38. The molecule has 2 aliphatic carbocycles. The number of piperidine rings is 1. The Kier molecular flexibility index (Phi) is 5.11. The van der Waals surface area contributed by atoms with Crippen LogP contribution in [0.1, 0.15) is 57.8 Å². The van der Waals surface area contributed by atoms with Gasteiger partial charge in [0, 0.05) is 18.4 Å². The van der Waals surface area contributed by atoms with Crippen LogP contribution in [0.3, 0.4) is 0 Å². The average Bonchev–Trinajstić information content (AvgIpc) is 2.95. The molecule has 5 rings (SSSR count). The van der Waals surface area contributed by atoms with Crippen molar-refractivity contribution in [3.05, 3.63) is 46.8 Å². The van der Waals surface area contributed by atoms with Crippen LogP contribution < -0.4 is 5.32 Å². The molecule has 3 aliphatic heterocycles.